The van der Waals surface area contributed by atoms with E-state index in [4.69, 9.17) is 5.73 Å². The first-order valence-electron chi connectivity index (χ1n) is 4.66. The van der Waals surface area contributed by atoms with Crippen LogP contribution in [0.1, 0.15) is 11.3 Å². The summed E-state index contributed by atoms with van der Waals surface area (Å²) in [6.45, 7) is 1.88. The van der Waals surface area contributed by atoms with Crippen molar-refractivity contribution < 1.29 is 0 Å². The Morgan fingerprint density at radius 1 is 1.33 bits per heavy atom. The summed E-state index contributed by atoms with van der Waals surface area (Å²) in [5.41, 5.74) is 7.53. The molecule has 0 spiro atoms. The highest BCUT2D eigenvalue weighted by Crippen LogP contribution is 2.03. The van der Waals surface area contributed by atoms with Gasteiger partial charge in [-0.05, 0) is 12.5 Å². The van der Waals surface area contributed by atoms with E-state index in [1.54, 1.807) is 17.1 Å². The standard InChI is InChI=1S/C11H12N4/c1-9-8-15(11(12)14-9)13-7-10-5-3-2-4-6-10/h2-8H,1H3,(H2,12,14). The van der Waals surface area contributed by atoms with Crippen molar-refractivity contribution in [1.29, 1.82) is 0 Å². The molecule has 0 unspecified atom stereocenters. The average Bonchev–Trinajstić information content (AvgIpc) is 2.56. The van der Waals surface area contributed by atoms with Gasteiger partial charge in [-0.25, -0.2) is 9.66 Å². The van der Waals surface area contributed by atoms with E-state index < -0.39 is 0 Å². The number of nitrogens with two attached hydrogens (primary N) is 1. The second kappa shape index (κ2) is 3.96. The van der Waals surface area contributed by atoms with Crippen LogP contribution in [0.5, 0.6) is 0 Å². The number of anilines is 1. The molecule has 0 atom stereocenters. The summed E-state index contributed by atoms with van der Waals surface area (Å²) < 4.78 is 1.56. The summed E-state index contributed by atoms with van der Waals surface area (Å²) in [5, 5.41) is 4.20. The lowest BCUT2D eigenvalue weighted by atomic mass is 10.2. The summed E-state index contributed by atoms with van der Waals surface area (Å²) in [6, 6.07) is 9.84. The van der Waals surface area contributed by atoms with Crippen molar-refractivity contribution in [3.05, 3.63) is 47.8 Å². The van der Waals surface area contributed by atoms with Gasteiger partial charge in [0, 0.05) is 0 Å². The minimum atomic E-state index is 0.402. The van der Waals surface area contributed by atoms with Gasteiger partial charge in [-0.2, -0.15) is 5.10 Å². The number of aromatic nitrogens is 2. The van der Waals surface area contributed by atoms with E-state index in [-0.39, 0.29) is 0 Å². The molecule has 4 nitrogen and oxygen atoms in total. The molecule has 0 aliphatic carbocycles. The van der Waals surface area contributed by atoms with E-state index in [1.165, 1.54) is 0 Å². The Hall–Kier alpha value is -2.10. The molecule has 76 valence electrons. The molecular formula is C11H12N4. The van der Waals surface area contributed by atoms with Crippen molar-refractivity contribution in [2.45, 2.75) is 6.92 Å². The highest BCUT2D eigenvalue weighted by atomic mass is 15.4. The molecular weight excluding hydrogens is 188 g/mol. The zero-order valence-electron chi connectivity index (χ0n) is 8.46. The minimum Gasteiger partial charge on any atom is -0.368 e. The van der Waals surface area contributed by atoms with Crippen molar-refractivity contribution in [1.82, 2.24) is 9.66 Å². The molecule has 2 aromatic rings. The third-order valence-electron chi connectivity index (χ3n) is 1.97. The van der Waals surface area contributed by atoms with E-state index in [2.05, 4.69) is 10.1 Å². The Morgan fingerprint density at radius 3 is 2.67 bits per heavy atom. The largest absolute Gasteiger partial charge is 0.368 e. The molecule has 1 heterocycles. The fourth-order valence-electron chi connectivity index (χ4n) is 1.26. The smallest absolute Gasteiger partial charge is 0.221 e. The molecule has 0 amide bonds. The zero-order valence-corrected chi connectivity index (χ0v) is 8.46. The van der Waals surface area contributed by atoms with E-state index in [1.807, 2.05) is 37.3 Å². The Bertz CT molecular complexity index is 471. The predicted molar refractivity (Wildman–Crippen MR) is 60.8 cm³/mol. The monoisotopic (exact) mass is 200 g/mol. The second-order valence-electron chi connectivity index (χ2n) is 3.24. The van der Waals surface area contributed by atoms with Crippen molar-refractivity contribution >= 4 is 12.2 Å². The second-order valence-corrected chi connectivity index (χ2v) is 3.24. The highest BCUT2D eigenvalue weighted by Gasteiger charge is 1.97. The Balaban J connectivity index is 2.22. The molecule has 0 aliphatic rings. The van der Waals surface area contributed by atoms with E-state index in [0.29, 0.717) is 5.95 Å². The van der Waals surface area contributed by atoms with Crippen molar-refractivity contribution in [3.8, 4) is 0 Å². The van der Waals surface area contributed by atoms with Crippen LogP contribution in [0.2, 0.25) is 0 Å². The van der Waals surface area contributed by atoms with Gasteiger partial charge in [0.25, 0.3) is 0 Å². The molecule has 1 aromatic carbocycles. The number of rotatable bonds is 2. The summed E-state index contributed by atoms with van der Waals surface area (Å²) in [4.78, 5) is 4.05. The molecule has 15 heavy (non-hydrogen) atoms. The third kappa shape index (κ3) is 2.22. The molecule has 0 saturated heterocycles. The van der Waals surface area contributed by atoms with Gasteiger partial charge in [0.15, 0.2) is 0 Å². The topological polar surface area (TPSA) is 56.2 Å². The van der Waals surface area contributed by atoms with Crippen LogP contribution in [0.25, 0.3) is 0 Å². The maximum atomic E-state index is 5.64. The fourth-order valence-corrected chi connectivity index (χ4v) is 1.26. The van der Waals surface area contributed by atoms with Crippen LogP contribution in [0, 0.1) is 6.92 Å². The van der Waals surface area contributed by atoms with E-state index in [9.17, 15) is 0 Å². The Labute approximate surface area is 88.1 Å². The normalized spacial score (nSPS) is 11.0. The van der Waals surface area contributed by atoms with E-state index >= 15 is 0 Å². The number of benzene rings is 1. The summed E-state index contributed by atoms with van der Waals surface area (Å²) in [6.07, 6.45) is 3.53. The first-order valence-corrected chi connectivity index (χ1v) is 4.66. The number of nitrogens with zero attached hydrogens (tertiary/aromatic N) is 3. The molecule has 2 N–H and O–H groups in total. The lowest BCUT2D eigenvalue weighted by Crippen LogP contribution is -1.96. The quantitative estimate of drug-likeness (QED) is 0.749. The lowest BCUT2D eigenvalue weighted by Gasteiger charge is -1.94. The van der Waals surface area contributed by atoms with Crippen LogP contribution < -0.4 is 5.73 Å². The molecule has 1 aromatic heterocycles. The first kappa shape index (κ1) is 9.45. The molecule has 0 saturated carbocycles. The van der Waals surface area contributed by atoms with Gasteiger partial charge >= 0.3 is 0 Å². The molecule has 0 aliphatic heterocycles. The van der Waals surface area contributed by atoms with Crippen LogP contribution in [-0.2, 0) is 0 Å². The van der Waals surface area contributed by atoms with Crippen molar-refractivity contribution in [2.75, 3.05) is 5.73 Å². The van der Waals surface area contributed by atoms with Crippen LogP contribution in [0.4, 0.5) is 5.95 Å². The molecule has 0 fully saturated rings. The van der Waals surface area contributed by atoms with E-state index in [0.717, 1.165) is 11.3 Å². The zero-order chi connectivity index (χ0) is 10.7. The maximum Gasteiger partial charge on any atom is 0.221 e. The average molecular weight is 200 g/mol. The SMILES string of the molecule is Cc1cn(N=Cc2ccccc2)c(N)n1. The van der Waals surface area contributed by atoms with Crippen LogP contribution in [0.3, 0.4) is 0 Å². The summed E-state index contributed by atoms with van der Waals surface area (Å²) >= 11 is 0. The first-order chi connectivity index (χ1) is 7.25. The van der Waals surface area contributed by atoms with Gasteiger partial charge < -0.3 is 5.73 Å². The number of hydrogen-bond acceptors (Lipinski definition) is 3. The van der Waals surface area contributed by atoms with Crippen LogP contribution >= 0.6 is 0 Å². The van der Waals surface area contributed by atoms with Gasteiger partial charge in [-0.1, -0.05) is 30.3 Å². The van der Waals surface area contributed by atoms with Gasteiger partial charge in [0.05, 0.1) is 18.1 Å². The number of aryl methyl sites for hydroxylation is 1. The van der Waals surface area contributed by atoms with Gasteiger partial charge in [0.1, 0.15) is 0 Å². The lowest BCUT2D eigenvalue weighted by molar-refractivity contribution is 0.897. The molecule has 0 radical (unpaired) electrons. The van der Waals surface area contributed by atoms with Crippen molar-refractivity contribution in [3.63, 3.8) is 0 Å². The van der Waals surface area contributed by atoms with Gasteiger partial charge in [0.2, 0.25) is 5.95 Å². The fraction of sp³-hybridized carbons (Fsp3) is 0.0909. The Morgan fingerprint density at radius 2 is 2.07 bits per heavy atom. The van der Waals surface area contributed by atoms with Crippen LogP contribution in [-0.4, -0.2) is 15.9 Å². The van der Waals surface area contributed by atoms with Crippen LogP contribution in [0.15, 0.2) is 41.6 Å². The molecule has 2 rings (SSSR count). The third-order valence-corrected chi connectivity index (χ3v) is 1.97. The summed E-state index contributed by atoms with van der Waals surface area (Å²) in [5.74, 6) is 0.402. The van der Waals surface area contributed by atoms with Crippen molar-refractivity contribution in [2.24, 2.45) is 5.10 Å². The Kier molecular flexibility index (Phi) is 2.49. The predicted octanol–water partition coefficient (Wildman–Crippen LogP) is 1.66. The summed E-state index contributed by atoms with van der Waals surface area (Å²) in [7, 11) is 0. The number of imidazole rings is 1. The molecule has 0 bridgehead atoms. The maximum absolute atomic E-state index is 5.64. The minimum absolute atomic E-state index is 0.402. The van der Waals surface area contributed by atoms with Gasteiger partial charge in [-0.15, -0.1) is 0 Å². The van der Waals surface area contributed by atoms with Gasteiger partial charge in [-0.3, -0.25) is 0 Å². The molecule has 4 heteroatoms. The highest BCUT2D eigenvalue weighted by molar-refractivity contribution is 5.79. The number of nitrogen functional groups attached to an aromatic ring is 1. The number of hydrogen-bond donors (Lipinski definition) is 1.